The molecule has 0 saturated carbocycles. The van der Waals surface area contributed by atoms with Crippen LogP contribution < -0.4 is 0 Å². The van der Waals surface area contributed by atoms with Gasteiger partial charge in [-0.25, -0.2) is 4.79 Å². The van der Waals surface area contributed by atoms with E-state index in [9.17, 15) is 9.90 Å². The molecule has 2 atom stereocenters. The van der Waals surface area contributed by atoms with E-state index in [0.29, 0.717) is 13.0 Å². The number of hydrogen-bond donors (Lipinski definition) is 1. The van der Waals surface area contributed by atoms with Gasteiger partial charge in [-0.05, 0) is 41.0 Å². The monoisotopic (exact) mass is 441 g/mol. The molecule has 1 saturated heterocycles. The summed E-state index contributed by atoms with van der Waals surface area (Å²) >= 11 is 0. The molecule has 0 spiro atoms. The molecule has 1 N–H and O–H groups in total. The molecule has 184 valence electrons. The van der Waals surface area contributed by atoms with Crippen LogP contribution in [0, 0.1) is 0 Å². The summed E-state index contributed by atoms with van der Waals surface area (Å²) in [6.45, 7) is 11.9. The third kappa shape index (κ3) is 11.6. The van der Waals surface area contributed by atoms with Gasteiger partial charge in [0.25, 0.3) is 0 Å². The molecule has 1 aliphatic heterocycles. The van der Waals surface area contributed by atoms with Crippen molar-refractivity contribution in [1.82, 2.24) is 4.90 Å². The fourth-order valence-corrected chi connectivity index (χ4v) is 4.35. The second kappa shape index (κ2) is 14.4. The Labute approximate surface area is 192 Å². The average molecular weight is 442 g/mol. The lowest BCUT2D eigenvalue weighted by molar-refractivity contribution is -0.0681. The second-order valence-corrected chi connectivity index (χ2v) is 10.8. The van der Waals surface area contributed by atoms with Crippen molar-refractivity contribution >= 4 is 6.09 Å². The van der Waals surface area contributed by atoms with Gasteiger partial charge < -0.3 is 14.6 Å². The van der Waals surface area contributed by atoms with Crippen LogP contribution in [0.25, 0.3) is 0 Å². The minimum absolute atomic E-state index is 0.345. The molecule has 31 heavy (non-hydrogen) atoms. The normalized spacial score (nSPS) is 19.6. The molecule has 1 heterocycles. The number of aliphatic hydroxyl groups is 1. The van der Waals surface area contributed by atoms with E-state index in [1.165, 1.54) is 70.6 Å². The SMILES string of the molecule is CCCCCCCCCCCCCCCC(O)C1COC(C)(C)N1C(=O)OC(C)(C)C. The summed E-state index contributed by atoms with van der Waals surface area (Å²) < 4.78 is 11.4. The van der Waals surface area contributed by atoms with E-state index in [-0.39, 0.29) is 6.04 Å². The number of hydrogen-bond acceptors (Lipinski definition) is 4. The predicted molar refractivity (Wildman–Crippen MR) is 128 cm³/mol. The Hall–Kier alpha value is -0.810. The molecule has 0 aromatic carbocycles. The highest BCUT2D eigenvalue weighted by Gasteiger charge is 2.48. The third-order valence-electron chi connectivity index (χ3n) is 6.16. The van der Waals surface area contributed by atoms with Crippen LogP contribution in [0.5, 0.6) is 0 Å². The Bertz CT molecular complexity index is 486. The van der Waals surface area contributed by atoms with E-state index >= 15 is 0 Å². The summed E-state index contributed by atoms with van der Waals surface area (Å²) in [5.41, 5.74) is -1.33. The van der Waals surface area contributed by atoms with Crippen LogP contribution in [0.3, 0.4) is 0 Å². The standard InChI is InChI=1S/C26H51NO4/c1-7-8-9-10-11-12-13-14-15-16-17-18-19-20-23(28)22-21-30-26(5,6)27(22)24(29)31-25(2,3)4/h22-23,28H,7-21H2,1-6H3. The van der Waals surface area contributed by atoms with E-state index in [0.717, 1.165) is 12.8 Å². The fourth-order valence-electron chi connectivity index (χ4n) is 4.35. The van der Waals surface area contributed by atoms with Crippen molar-refractivity contribution in [3.63, 3.8) is 0 Å². The molecule has 5 heteroatoms. The van der Waals surface area contributed by atoms with Crippen molar-refractivity contribution in [3.05, 3.63) is 0 Å². The molecule has 0 aromatic rings. The maximum absolute atomic E-state index is 12.7. The minimum Gasteiger partial charge on any atom is -0.444 e. The van der Waals surface area contributed by atoms with Gasteiger partial charge in [-0.2, -0.15) is 0 Å². The highest BCUT2D eigenvalue weighted by molar-refractivity contribution is 5.69. The predicted octanol–water partition coefficient (Wildman–Crippen LogP) is 7.20. The van der Waals surface area contributed by atoms with Crippen molar-refractivity contribution in [2.75, 3.05) is 6.61 Å². The molecular weight excluding hydrogens is 390 g/mol. The highest BCUT2D eigenvalue weighted by atomic mass is 16.6. The number of unbranched alkanes of at least 4 members (excludes halogenated alkanes) is 12. The minimum atomic E-state index is -0.760. The van der Waals surface area contributed by atoms with E-state index < -0.39 is 23.5 Å². The first-order valence-electron chi connectivity index (χ1n) is 12.9. The average Bonchev–Trinajstić information content (AvgIpc) is 2.99. The molecule has 5 nitrogen and oxygen atoms in total. The molecule has 0 bridgehead atoms. The fraction of sp³-hybridized carbons (Fsp3) is 0.962. The maximum Gasteiger partial charge on any atom is 0.412 e. The van der Waals surface area contributed by atoms with Gasteiger partial charge in [0.05, 0.1) is 18.8 Å². The van der Waals surface area contributed by atoms with Crippen LogP contribution in [-0.4, -0.2) is 46.2 Å². The highest BCUT2D eigenvalue weighted by Crippen LogP contribution is 2.32. The van der Waals surface area contributed by atoms with E-state index in [2.05, 4.69) is 6.92 Å². The van der Waals surface area contributed by atoms with Crippen molar-refractivity contribution < 1.29 is 19.4 Å². The van der Waals surface area contributed by atoms with Crippen LogP contribution in [0.15, 0.2) is 0 Å². The van der Waals surface area contributed by atoms with Crippen molar-refractivity contribution in [1.29, 1.82) is 0 Å². The van der Waals surface area contributed by atoms with Crippen molar-refractivity contribution in [2.45, 2.75) is 155 Å². The summed E-state index contributed by atoms with van der Waals surface area (Å²) in [6.07, 6.45) is 16.7. The molecule has 1 fully saturated rings. The molecule has 0 radical (unpaired) electrons. The molecule has 2 unspecified atom stereocenters. The summed E-state index contributed by atoms with van der Waals surface area (Å²) in [4.78, 5) is 14.3. The van der Waals surface area contributed by atoms with Gasteiger partial charge in [0.15, 0.2) is 0 Å². The molecular formula is C26H51NO4. The largest absolute Gasteiger partial charge is 0.444 e. The van der Waals surface area contributed by atoms with E-state index in [1.54, 1.807) is 4.90 Å². The van der Waals surface area contributed by atoms with Gasteiger partial charge in [-0.3, -0.25) is 4.90 Å². The topological polar surface area (TPSA) is 59.0 Å². The van der Waals surface area contributed by atoms with Crippen LogP contribution in [0.1, 0.15) is 131 Å². The summed E-state index contributed by atoms with van der Waals surface area (Å²) in [5.74, 6) is 0. The lowest BCUT2D eigenvalue weighted by atomic mass is 10.0. The van der Waals surface area contributed by atoms with Crippen LogP contribution >= 0.6 is 0 Å². The van der Waals surface area contributed by atoms with E-state index in [1.807, 2.05) is 34.6 Å². The molecule has 1 aliphatic rings. The lowest BCUT2D eigenvalue weighted by Gasteiger charge is -2.36. The number of aliphatic hydroxyl groups excluding tert-OH is 1. The van der Waals surface area contributed by atoms with Gasteiger partial charge in [0.1, 0.15) is 11.3 Å². The van der Waals surface area contributed by atoms with Crippen LogP contribution in [-0.2, 0) is 9.47 Å². The lowest BCUT2D eigenvalue weighted by Crippen LogP contribution is -2.53. The number of ether oxygens (including phenoxy) is 2. The van der Waals surface area contributed by atoms with Gasteiger partial charge in [0, 0.05) is 0 Å². The Morgan fingerprint density at radius 1 is 0.968 bits per heavy atom. The molecule has 0 aromatic heterocycles. The van der Waals surface area contributed by atoms with Gasteiger partial charge in [0.2, 0.25) is 0 Å². The Morgan fingerprint density at radius 3 is 1.87 bits per heavy atom. The first kappa shape index (κ1) is 28.2. The molecule has 1 amide bonds. The third-order valence-corrected chi connectivity index (χ3v) is 6.16. The summed E-state index contributed by atoms with van der Waals surface area (Å²) in [7, 11) is 0. The van der Waals surface area contributed by atoms with Crippen molar-refractivity contribution in [3.8, 4) is 0 Å². The van der Waals surface area contributed by atoms with Crippen molar-refractivity contribution in [2.24, 2.45) is 0 Å². The zero-order valence-electron chi connectivity index (χ0n) is 21.4. The van der Waals surface area contributed by atoms with Gasteiger partial charge in [-0.1, -0.05) is 90.4 Å². The van der Waals surface area contributed by atoms with Gasteiger partial charge in [-0.15, -0.1) is 0 Å². The second-order valence-electron chi connectivity index (χ2n) is 10.8. The number of carbonyl (C=O) groups is 1. The number of nitrogens with zero attached hydrogens (tertiary/aromatic N) is 1. The molecule has 1 rings (SSSR count). The Morgan fingerprint density at radius 2 is 1.42 bits per heavy atom. The first-order valence-corrected chi connectivity index (χ1v) is 12.9. The first-order chi connectivity index (χ1) is 14.6. The van der Waals surface area contributed by atoms with E-state index in [4.69, 9.17) is 9.47 Å². The van der Waals surface area contributed by atoms with Crippen LogP contribution in [0.4, 0.5) is 4.79 Å². The maximum atomic E-state index is 12.7. The molecule has 0 aliphatic carbocycles. The zero-order valence-corrected chi connectivity index (χ0v) is 21.4. The van der Waals surface area contributed by atoms with Crippen LogP contribution in [0.2, 0.25) is 0 Å². The number of rotatable bonds is 15. The smallest absolute Gasteiger partial charge is 0.412 e. The quantitative estimate of drug-likeness (QED) is 0.273. The number of amides is 1. The summed E-state index contributed by atoms with van der Waals surface area (Å²) in [6, 6.07) is -0.345. The Kier molecular flexibility index (Phi) is 13.1. The number of carbonyl (C=O) groups excluding carboxylic acids is 1. The van der Waals surface area contributed by atoms with Gasteiger partial charge >= 0.3 is 6.09 Å². The zero-order chi connectivity index (χ0) is 23.3. The summed E-state index contributed by atoms with van der Waals surface area (Å²) in [5, 5.41) is 10.7. The Balaban J connectivity index is 2.18.